The van der Waals surface area contributed by atoms with Gasteiger partial charge in [0.05, 0.1) is 0 Å². The van der Waals surface area contributed by atoms with Crippen LogP contribution < -0.4 is 4.74 Å². The van der Waals surface area contributed by atoms with Gasteiger partial charge in [0.1, 0.15) is 0 Å². The van der Waals surface area contributed by atoms with E-state index in [1.165, 1.54) is 12.5 Å². The zero-order chi connectivity index (χ0) is 17.3. The van der Waals surface area contributed by atoms with E-state index < -0.39 is 17.9 Å². The third-order valence-electron chi connectivity index (χ3n) is 5.64. The first kappa shape index (κ1) is 17.3. The summed E-state index contributed by atoms with van der Waals surface area (Å²) in [5.74, 6) is 0.471. The molecule has 2 aliphatic rings. The highest BCUT2D eigenvalue weighted by molar-refractivity contribution is 5.32. The maximum atomic E-state index is 13.9. The Labute approximate surface area is 139 Å². The van der Waals surface area contributed by atoms with Gasteiger partial charge in [-0.25, -0.2) is 4.39 Å². The van der Waals surface area contributed by atoms with Gasteiger partial charge in [-0.2, -0.15) is 0 Å². The number of hydrogen-bond donors (Lipinski definition) is 0. The maximum Gasteiger partial charge on any atom is 0.573 e. The third kappa shape index (κ3) is 3.93. The second kappa shape index (κ2) is 6.77. The van der Waals surface area contributed by atoms with Gasteiger partial charge in [-0.1, -0.05) is 12.1 Å². The summed E-state index contributed by atoms with van der Waals surface area (Å²) in [5, 5.41) is 0. The molecule has 4 atom stereocenters. The standard InChI is InChI=1S/C19H22F4O/c1-2-12-3-4-14-10-15(6-5-13(14)9-12)16-7-8-18(17(20)11-16)24-19(21,22)23/h2,7-8,11-15H,1,3-6,9-10H2. The molecule has 0 saturated heterocycles. The predicted molar refractivity (Wildman–Crippen MR) is 84.2 cm³/mol. The summed E-state index contributed by atoms with van der Waals surface area (Å²) in [6.07, 6.45) is 3.74. The Balaban J connectivity index is 1.68. The van der Waals surface area contributed by atoms with Crippen molar-refractivity contribution in [3.8, 4) is 5.75 Å². The first-order valence-electron chi connectivity index (χ1n) is 8.53. The van der Waals surface area contributed by atoms with Crippen LogP contribution in [0.25, 0.3) is 0 Å². The van der Waals surface area contributed by atoms with Crippen molar-refractivity contribution in [3.63, 3.8) is 0 Å². The van der Waals surface area contributed by atoms with Gasteiger partial charge in [0.15, 0.2) is 11.6 Å². The molecule has 5 heteroatoms. The zero-order valence-electron chi connectivity index (χ0n) is 13.5. The molecule has 0 bridgehead atoms. The number of allylic oxidation sites excluding steroid dienone is 1. The van der Waals surface area contributed by atoms with Crippen molar-refractivity contribution in [1.29, 1.82) is 0 Å². The SMILES string of the molecule is C=CC1CCC2CC(c3ccc(OC(F)(F)F)c(F)c3)CCC2C1. The average Bonchev–Trinajstić information content (AvgIpc) is 2.54. The second-order valence-electron chi connectivity index (χ2n) is 7.08. The molecule has 2 aliphatic carbocycles. The van der Waals surface area contributed by atoms with Gasteiger partial charge in [0.2, 0.25) is 0 Å². The Morgan fingerprint density at radius 2 is 1.75 bits per heavy atom. The van der Waals surface area contributed by atoms with Crippen molar-refractivity contribution in [2.45, 2.75) is 50.8 Å². The van der Waals surface area contributed by atoms with E-state index in [1.807, 2.05) is 0 Å². The Morgan fingerprint density at radius 3 is 2.42 bits per heavy atom. The summed E-state index contributed by atoms with van der Waals surface area (Å²) in [5.41, 5.74) is 0.784. The lowest BCUT2D eigenvalue weighted by Crippen LogP contribution is -2.30. The average molecular weight is 342 g/mol. The number of halogens is 4. The van der Waals surface area contributed by atoms with E-state index in [0.717, 1.165) is 43.7 Å². The largest absolute Gasteiger partial charge is 0.573 e. The quantitative estimate of drug-likeness (QED) is 0.469. The summed E-state index contributed by atoms with van der Waals surface area (Å²) in [6.45, 7) is 3.89. The normalized spacial score (nSPS) is 30.5. The highest BCUT2D eigenvalue weighted by Gasteiger charge is 2.36. The van der Waals surface area contributed by atoms with Crippen molar-refractivity contribution < 1.29 is 22.3 Å². The highest BCUT2D eigenvalue weighted by atomic mass is 19.4. The molecule has 0 amide bonds. The molecule has 2 saturated carbocycles. The van der Waals surface area contributed by atoms with E-state index >= 15 is 0 Å². The number of hydrogen-bond acceptors (Lipinski definition) is 1. The maximum absolute atomic E-state index is 13.9. The Bertz CT molecular complexity index is 596. The van der Waals surface area contributed by atoms with Crippen LogP contribution in [0.5, 0.6) is 5.75 Å². The number of rotatable bonds is 3. The lowest BCUT2D eigenvalue weighted by molar-refractivity contribution is -0.275. The van der Waals surface area contributed by atoms with Crippen molar-refractivity contribution in [2.24, 2.45) is 17.8 Å². The van der Waals surface area contributed by atoms with Gasteiger partial charge < -0.3 is 4.74 Å². The van der Waals surface area contributed by atoms with Crippen LogP contribution in [0.3, 0.4) is 0 Å². The fraction of sp³-hybridized carbons (Fsp3) is 0.579. The van der Waals surface area contributed by atoms with Crippen LogP contribution in [0.2, 0.25) is 0 Å². The Hall–Kier alpha value is -1.52. The van der Waals surface area contributed by atoms with E-state index in [0.29, 0.717) is 17.8 Å². The first-order valence-corrected chi connectivity index (χ1v) is 8.53. The van der Waals surface area contributed by atoms with E-state index in [4.69, 9.17) is 0 Å². The van der Waals surface area contributed by atoms with Crippen molar-refractivity contribution in [1.82, 2.24) is 0 Å². The minimum absolute atomic E-state index is 0.223. The van der Waals surface area contributed by atoms with E-state index in [-0.39, 0.29) is 5.92 Å². The summed E-state index contributed by atoms with van der Waals surface area (Å²) >= 11 is 0. The lowest BCUT2D eigenvalue weighted by Gasteiger charge is -2.41. The predicted octanol–water partition coefficient (Wildman–Crippen LogP) is 6.21. The molecule has 0 spiro atoms. The van der Waals surface area contributed by atoms with Gasteiger partial charge in [-0.3, -0.25) is 0 Å². The summed E-state index contributed by atoms with van der Waals surface area (Å²) in [7, 11) is 0. The molecule has 0 aliphatic heterocycles. The fourth-order valence-corrected chi connectivity index (χ4v) is 4.42. The smallest absolute Gasteiger partial charge is 0.403 e. The molecular formula is C19H22F4O. The Kier molecular flexibility index (Phi) is 4.88. The van der Waals surface area contributed by atoms with Crippen LogP contribution >= 0.6 is 0 Å². The molecular weight excluding hydrogens is 320 g/mol. The van der Waals surface area contributed by atoms with Crippen LogP contribution in [-0.4, -0.2) is 6.36 Å². The molecule has 24 heavy (non-hydrogen) atoms. The van der Waals surface area contributed by atoms with Crippen LogP contribution in [0.1, 0.15) is 50.0 Å². The Morgan fingerprint density at radius 1 is 1.04 bits per heavy atom. The molecule has 0 radical (unpaired) electrons. The van der Waals surface area contributed by atoms with Crippen LogP contribution in [-0.2, 0) is 0 Å². The molecule has 3 rings (SSSR count). The van der Waals surface area contributed by atoms with Crippen LogP contribution in [0, 0.1) is 23.6 Å². The van der Waals surface area contributed by atoms with Gasteiger partial charge >= 0.3 is 6.36 Å². The molecule has 0 heterocycles. The summed E-state index contributed by atoms with van der Waals surface area (Å²) in [6, 6.07) is 3.88. The first-order chi connectivity index (χ1) is 11.4. The van der Waals surface area contributed by atoms with E-state index in [9.17, 15) is 17.6 Å². The monoisotopic (exact) mass is 342 g/mol. The summed E-state index contributed by atoms with van der Waals surface area (Å²) in [4.78, 5) is 0. The van der Waals surface area contributed by atoms with Crippen LogP contribution in [0.15, 0.2) is 30.9 Å². The van der Waals surface area contributed by atoms with Gasteiger partial charge in [-0.05, 0) is 79.9 Å². The number of alkyl halides is 3. The molecule has 4 unspecified atom stereocenters. The van der Waals surface area contributed by atoms with Crippen molar-refractivity contribution in [3.05, 3.63) is 42.2 Å². The third-order valence-corrected chi connectivity index (χ3v) is 5.64. The molecule has 132 valence electrons. The minimum Gasteiger partial charge on any atom is -0.403 e. The second-order valence-corrected chi connectivity index (χ2v) is 7.08. The molecule has 2 fully saturated rings. The molecule has 1 aromatic rings. The number of fused-ring (bicyclic) bond motifs is 1. The highest BCUT2D eigenvalue weighted by Crippen LogP contribution is 2.48. The number of benzene rings is 1. The molecule has 0 N–H and O–H groups in total. The zero-order valence-corrected chi connectivity index (χ0v) is 13.5. The van der Waals surface area contributed by atoms with Crippen molar-refractivity contribution >= 4 is 0 Å². The minimum atomic E-state index is -4.87. The molecule has 1 nitrogen and oxygen atoms in total. The molecule has 1 aromatic carbocycles. The van der Waals surface area contributed by atoms with E-state index in [2.05, 4.69) is 17.4 Å². The van der Waals surface area contributed by atoms with Crippen molar-refractivity contribution in [2.75, 3.05) is 0 Å². The van der Waals surface area contributed by atoms with E-state index in [1.54, 1.807) is 6.07 Å². The van der Waals surface area contributed by atoms with Gasteiger partial charge in [0, 0.05) is 0 Å². The lowest BCUT2D eigenvalue weighted by atomic mass is 9.64. The van der Waals surface area contributed by atoms with Gasteiger partial charge in [-0.15, -0.1) is 19.8 Å². The number of ether oxygens (including phenoxy) is 1. The topological polar surface area (TPSA) is 9.23 Å². The van der Waals surface area contributed by atoms with Gasteiger partial charge in [0.25, 0.3) is 0 Å². The van der Waals surface area contributed by atoms with Crippen LogP contribution in [0.4, 0.5) is 17.6 Å². The molecule has 0 aromatic heterocycles. The summed E-state index contributed by atoms with van der Waals surface area (Å²) < 4.78 is 54.3. The fourth-order valence-electron chi connectivity index (χ4n) is 4.42.